The van der Waals surface area contributed by atoms with Gasteiger partial charge in [-0.1, -0.05) is 19.3 Å². The monoisotopic (exact) mass is 579 g/mol. The summed E-state index contributed by atoms with van der Waals surface area (Å²) >= 11 is 0. The van der Waals surface area contributed by atoms with Gasteiger partial charge in [0.1, 0.15) is 0 Å². The molecule has 1 saturated carbocycles. The number of hydrogen-bond donors (Lipinski definition) is 1. The summed E-state index contributed by atoms with van der Waals surface area (Å²) in [6.07, 6.45) is 6.98. The zero-order valence-electron chi connectivity index (χ0n) is 26.1. The lowest BCUT2D eigenvalue weighted by molar-refractivity contribution is -0.160. The second-order valence-electron chi connectivity index (χ2n) is 13.4. The lowest BCUT2D eigenvalue weighted by atomic mass is 9.79. The summed E-state index contributed by atoms with van der Waals surface area (Å²) in [6.45, 7) is 13.3. The fourth-order valence-corrected chi connectivity index (χ4v) is 7.44. The number of halogens is 1. The maximum absolute atomic E-state index is 15.6. The Morgan fingerprint density at radius 3 is 2.21 bits per heavy atom. The Bertz CT molecular complexity index is 1390. The first-order valence-electron chi connectivity index (χ1n) is 15.7. The van der Waals surface area contributed by atoms with Gasteiger partial charge >= 0.3 is 5.97 Å². The maximum atomic E-state index is 15.6. The topological polar surface area (TPSA) is 76.1 Å². The number of fused-ring (bicyclic) bond motifs is 2. The minimum absolute atomic E-state index is 0.105. The average molecular weight is 580 g/mol. The van der Waals surface area contributed by atoms with Crippen molar-refractivity contribution in [1.29, 1.82) is 0 Å². The van der Waals surface area contributed by atoms with E-state index < -0.39 is 23.5 Å². The third kappa shape index (κ3) is 5.82. The number of amides is 1. The highest BCUT2D eigenvalue weighted by Gasteiger charge is 2.36. The predicted molar refractivity (Wildman–Crippen MR) is 162 cm³/mol. The van der Waals surface area contributed by atoms with Gasteiger partial charge in [0.2, 0.25) is 5.91 Å². The molecular formula is C35H46FNO5. The predicted octanol–water partition coefficient (Wildman–Crippen LogP) is 7.19. The van der Waals surface area contributed by atoms with Crippen molar-refractivity contribution in [3.8, 4) is 16.9 Å². The van der Waals surface area contributed by atoms with Crippen molar-refractivity contribution in [3.05, 3.63) is 50.8 Å². The summed E-state index contributed by atoms with van der Waals surface area (Å²) in [4.78, 5) is 28.4. The lowest BCUT2D eigenvalue weighted by Gasteiger charge is -2.31. The SMILES string of the molecule is Cc1c(-c2c(C)c3c(c(C)c2[C@H](OC(C)(C)C)C(=O)O)CCN(C(=O)C2CCCCC2)CC3)cc(F)c2c1CCCO2. The molecule has 5 rings (SSSR count). The number of benzene rings is 2. The van der Waals surface area contributed by atoms with E-state index in [0.29, 0.717) is 55.8 Å². The molecule has 2 aromatic carbocycles. The van der Waals surface area contributed by atoms with Crippen molar-refractivity contribution < 1.29 is 28.6 Å². The van der Waals surface area contributed by atoms with Crippen LogP contribution in [0.4, 0.5) is 4.39 Å². The zero-order valence-corrected chi connectivity index (χ0v) is 26.1. The number of nitrogens with zero attached hydrogens (tertiary/aromatic N) is 1. The first-order valence-corrected chi connectivity index (χ1v) is 15.7. The van der Waals surface area contributed by atoms with Crippen molar-refractivity contribution in [1.82, 2.24) is 4.90 Å². The van der Waals surface area contributed by atoms with E-state index >= 15 is 4.39 Å². The Morgan fingerprint density at radius 2 is 1.60 bits per heavy atom. The summed E-state index contributed by atoms with van der Waals surface area (Å²) in [5.74, 6) is -0.823. The molecule has 2 aromatic rings. The van der Waals surface area contributed by atoms with E-state index in [2.05, 4.69) is 0 Å². The van der Waals surface area contributed by atoms with Gasteiger partial charge in [0, 0.05) is 30.1 Å². The van der Waals surface area contributed by atoms with E-state index in [0.717, 1.165) is 71.0 Å². The van der Waals surface area contributed by atoms with E-state index in [1.807, 2.05) is 46.4 Å². The summed E-state index contributed by atoms with van der Waals surface area (Å²) < 4.78 is 27.6. The van der Waals surface area contributed by atoms with E-state index in [-0.39, 0.29) is 11.8 Å². The van der Waals surface area contributed by atoms with Gasteiger partial charge < -0.3 is 19.5 Å². The fraction of sp³-hybridized carbons (Fsp3) is 0.600. The van der Waals surface area contributed by atoms with Crippen LogP contribution in [0.5, 0.6) is 5.75 Å². The third-order valence-corrected chi connectivity index (χ3v) is 9.51. The first kappa shape index (κ1) is 30.5. The highest BCUT2D eigenvalue weighted by molar-refractivity contribution is 5.86. The summed E-state index contributed by atoms with van der Waals surface area (Å²) in [5, 5.41) is 10.5. The molecule has 0 radical (unpaired) electrons. The van der Waals surface area contributed by atoms with Gasteiger partial charge in [-0.3, -0.25) is 4.79 Å². The molecule has 0 unspecified atom stereocenters. The molecular weight excluding hydrogens is 533 g/mol. The van der Waals surface area contributed by atoms with Crippen LogP contribution in [0.2, 0.25) is 0 Å². The molecule has 1 amide bonds. The molecule has 228 valence electrons. The molecule has 0 bridgehead atoms. The van der Waals surface area contributed by atoms with Crippen molar-refractivity contribution in [3.63, 3.8) is 0 Å². The molecule has 0 saturated heterocycles. The average Bonchev–Trinajstić information content (AvgIpc) is 3.19. The van der Waals surface area contributed by atoms with Gasteiger partial charge in [0.25, 0.3) is 0 Å². The Hall–Kier alpha value is -2.93. The van der Waals surface area contributed by atoms with Gasteiger partial charge in [-0.2, -0.15) is 0 Å². The van der Waals surface area contributed by atoms with Crippen LogP contribution in [0.25, 0.3) is 11.1 Å². The molecule has 1 atom stereocenters. The van der Waals surface area contributed by atoms with Gasteiger partial charge in [-0.05, 0) is 125 Å². The van der Waals surface area contributed by atoms with Crippen LogP contribution >= 0.6 is 0 Å². The second kappa shape index (κ2) is 12.0. The van der Waals surface area contributed by atoms with Gasteiger partial charge in [-0.25, -0.2) is 9.18 Å². The molecule has 0 spiro atoms. The summed E-state index contributed by atoms with van der Waals surface area (Å²) in [5.41, 5.74) is 7.09. The number of ether oxygens (including phenoxy) is 2. The molecule has 2 aliphatic heterocycles. The normalized spacial score (nSPS) is 18.5. The van der Waals surface area contributed by atoms with Crippen molar-refractivity contribution >= 4 is 11.9 Å². The van der Waals surface area contributed by atoms with Gasteiger partial charge in [0.05, 0.1) is 12.2 Å². The molecule has 7 heteroatoms. The summed E-state index contributed by atoms with van der Waals surface area (Å²) in [6, 6.07) is 1.52. The van der Waals surface area contributed by atoms with E-state index in [9.17, 15) is 14.7 Å². The standard InChI is InChI=1S/C35H46FNO5/c1-20-26-13-10-18-41-31(26)28(36)19-27(20)29-21(2)24-14-16-37(33(38)23-11-8-7-9-12-23)17-15-25(24)22(3)30(29)32(34(39)40)42-35(4,5)6/h19,23,32H,7-18H2,1-6H3,(H,39,40)/t32-/m0/s1. The number of aliphatic carboxylic acids is 1. The van der Waals surface area contributed by atoms with Crippen molar-refractivity contribution in [2.24, 2.45) is 5.92 Å². The smallest absolute Gasteiger partial charge is 0.337 e. The van der Waals surface area contributed by atoms with Crippen LogP contribution in [0.15, 0.2) is 6.07 Å². The fourth-order valence-electron chi connectivity index (χ4n) is 7.44. The maximum Gasteiger partial charge on any atom is 0.337 e. The Labute approximate surface area is 249 Å². The van der Waals surface area contributed by atoms with Crippen molar-refractivity contribution in [2.45, 2.75) is 111 Å². The molecule has 6 nitrogen and oxygen atoms in total. The number of carboxylic acid groups (broad SMARTS) is 1. The Balaban J connectivity index is 1.68. The van der Waals surface area contributed by atoms with Crippen LogP contribution in [-0.2, 0) is 33.6 Å². The summed E-state index contributed by atoms with van der Waals surface area (Å²) in [7, 11) is 0. The van der Waals surface area contributed by atoms with Crippen LogP contribution in [-0.4, -0.2) is 47.2 Å². The number of carbonyl (C=O) groups excluding carboxylic acids is 1. The third-order valence-electron chi connectivity index (χ3n) is 9.51. The molecule has 2 heterocycles. The van der Waals surface area contributed by atoms with E-state index in [4.69, 9.17) is 9.47 Å². The molecule has 3 aliphatic rings. The molecule has 0 aromatic heterocycles. The van der Waals surface area contributed by atoms with Crippen LogP contribution in [0.3, 0.4) is 0 Å². The highest BCUT2D eigenvalue weighted by Crippen LogP contribution is 2.46. The quantitative estimate of drug-likeness (QED) is 0.406. The highest BCUT2D eigenvalue weighted by atomic mass is 19.1. The van der Waals surface area contributed by atoms with Gasteiger partial charge in [0.15, 0.2) is 17.7 Å². The van der Waals surface area contributed by atoms with E-state index in [1.54, 1.807) is 0 Å². The molecule has 1 fully saturated rings. The number of carboxylic acids is 1. The Kier molecular flexibility index (Phi) is 8.71. The second-order valence-corrected chi connectivity index (χ2v) is 13.4. The van der Waals surface area contributed by atoms with Crippen molar-refractivity contribution in [2.75, 3.05) is 19.7 Å². The molecule has 1 N–H and O–H groups in total. The number of rotatable bonds is 5. The lowest BCUT2D eigenvalue weighted by Crippen LogP contribution is -2.38. The Morgan fingerprint density at radius 1 is 0.952 bits per heavy atom. The van der Waals surface area contributed by atoms with Gasteiger partial charge in [-0.15, -0.1) is 0 Å². The zero-order chi connectivity index (χ0) is 30.3. The molecule has 42 heavy (non-hydrogen) atoms. The minimum atomic E-state index is -1.23. The molecule has 1 aliphatic carbocycles. The van der Waals surface area contributed by atoms with Crippen LogP contribution in [0, 0.1) is 32.5 Å². The number of hydrogen-bond acceptors (Lipinski definition) is 4. The van der Waals surface area contributed by atoms with Crippen LogP contribution in [0.1, 0.15) is 104 Å². The van der Waals surface area contributed by atoms with E-state index in [1.165, 1.54) is 12.5 Å². The minimum Gasteiger partial charge on any atom is -0.490 e. The number of carbonyl (C=O) groups is 2. The van der Waals surface area contributed by atoms with Crippen LogP contribution < -0.4 is 4.74 Å². The largest absolute Gasteiger partial charge is 0.490 e. The first-order chi connectivity index (χ1) is 19.9.